The highest BCUT2D eigenvalue weighted by Gasteiger charge is 2.22. The van der Waals surface area contributed by atoms with E-state index in [4.69, 9.17) is 22.9 Å². The molecule has 2 unspecified atom stereocenters. The molecule has 0 saturated carbocycles. The lowest BCUT2D eigenvalue weighted by Gasteiger charge is -2.28. The van der Waals surface area contributed by atoms with Crippen molar-refractivity contribution in [3.05, 3.63) is 95.6 Å². The summed E-state index contributed by atoms with van der Waals surface area (Å²) in [5.41, 5.74) is 2.55. The zero-order valence-electron chi connectivity index (χ0n) is 37.9. The summed E-state index contributed by atoms with van der Waals surface area (Å²) >= 11 is 0. The van der Waals surface area contributed by atoms with Crippen molar-refractivity contribution in [2.75, 3.05) is 47.5 Å². The minimum atomic E-state index is -4.71. The largest absolute Gasteiger partial charge is 0.756 e. The van der Waals surface area contributed by atoms with Gasteiger partial charge in [-0.05, 0) is 82.8 Å². The number of nitrogens with zero attached hydrogens (tertiary/aromatic N) is 1. The van der Waals surface area contributed by atoms with E-state index >= 15 is 0 Å². The summed E-state index contributed by atoms with van der Waals surface area (Å²) in [6.07, 6.45) is 35.6. The number of ether oxygens (including phenoxy) is 2. The maximum atomic E-state index is 12.7. The first-order valence-electron chi connectivity index (χ1n) is 22.1. The molecule has 1 aromatic rings. The van der Waals surface area contributed by atoms with Crippen molar-refractivity contribution in [3.8, 4) is 0 Å². The molecule has 0 radical (unpaired) electrons. The van der Waals surface area contributed by atoms with Crippen molar-refractivity contribution in [1.29, 1.82) is 0 Å². The Morgan fingerprint density at radius 1 is 0.733 bits per heavy atom. The number of carbonyl (C=O) groups is 2. The molecule has 0 spiro atoms. The van der Waals surface area contributed by atoms with Gasteiger partial charge in [-0.25, -0.2) is 0 Å². The minimum Gasteiger partial charge on any atom is -0.756 e. The van der Waals surface area contributed by atoms with E-state index < -0.39 is 38.6 Å². The number of hydrogen-bond donors (Lipinski definition) is 1. The zero-order chi connectivity index (χ0) is 44.5. The molecule has 1 N–H and O–H groups in total. The molecule has 0 bridgehead atoms. The normalized spacial score (nSPS) is 14.8. The molecule has 0 aliphatic heterocycles. The molecular formula is C48H78NO10P. The number of allylic oxidation sites excluding steroid dienone is 11. The minimum absolute atomic E-state index is 0.0853. The number of aryl methyl sites for hydroxylation is 2. The molecule has 3 atom stereocenters. The summed E-state index contributed by atoms with van der Waals surface area (Å²) in [5, 5.41) is 10.4. The average Bonchev–Trinajstić information content (AvgIpc) is 3.46. The third-order valence-corrected chi connectivity index (χ3v) is 10.5. The van der Waals surface area contributed by atoms with Gasteiger partial charge in [0.1, 0.15) is 31.3 Å². The van der Waals surface area contributed by atoms with Gasteiger partial charge < -0.3 is 37.4 Å². The Balaban J connectivity index is 2.48. The van der Waals surface area contributed by atoms with Gasteiger partial charge in [-0.15, -0.1) is 0 Å². The molecule has 0 aliphatic carbocycles. The highest BCUT2D eigenvalue weighted by molar-refractivity contribution is 7.45. The Morgan fingerprint density at radius 3 is 1.90 bits per heavy atom. The summed E-state index contributed by atoms with van der Waals surface area (Å²) in [4.78, 5) is 37.7. The van der Waals surface area contributed by atoms with Gasteiger partial charge in [-0.1, -0.05) is 112 Å². The summed E-state index contributed by atoms with van der Waals surface area (Å²) < 4.78 is 39.8. The van der Waals surface area contributed by atoms with Gasteiger partial charge in [0.25, 0.3) is 7.82 Å². The van der Waals surface area contributed by atoms with Crippen LogP contribution in [0.5, 0.6) is 0 Å². The summed E-state index contributed by atoms with van der Waals surface area (Å²) in [6, 6.07) is 0. The van der Waals surface area contributed by atoms with Crippen LogP contribution in [-0.2, 0) is 45.5 Å². The second-order valence-corrected chi connectivity index (χ2v) is 17.5. The van der Waals surface area contributed by atoms with E-state index in [0.29, 0.717) is 17.4 Å². The van der Waals surface area contributed by atoms with Crippen LogP contribution < -0.4 is 4.89 Å². The number of phosphoric ester groups is 1. The van der Waals surface area contributed by atoms with E-state index in [-0.39, 0.29) is 32.5 Å². The van der Waals surface area contributed by atoms with E-state index in [1.807, 2.05) is 33.3 Å². The highest BCUT2D eigenvalue weighted by Crippen LogP contribution is 2.38. The summed E-state index contributed by atoms with van der Waals surface area (Å²) in [5.74, 6) is 1.05. The Labute approximate surface area is 362 Å². The van der Waals surface area contributed by atoms with Crippen molar-refractivity contribution >= 4 is 19.8 Å². The van der Waals surface area contributed by atoms with Crippen LogP contribution in [0.3, 0.4) is 0 Å². The van der Waals surface area contributed by atoms with Crippen LogP contribution in [0.2, 0.25) is 0 Å². The van der Waals surface area contributed by atoms with Crippen LogP contribution in [0.15, 0.2) is 77.3 Å². The Morgan fingerprint density at radius 2 is 1.30 bits per heavy atom. The molecule has 12 heteroatoms. The van der Waals surface area contributed by atoms with Crippen LogP contribution in [0, 0.1) is 13.8 Å². The molecule has 1 rings (SSSR count). The maximum absolute atomic E-state index is 12.7. The topological polar surface area (TPSA) is 145 Å². The number of likely N-dealkylation sites (N-methyl/N-ethyl adjacent to an activating group) is 1. The Bertz CT molecular complexity index is 1550. The predicted molar refractivity (Wildman–Crippen MR) is 240 cm³/mol. The van der Waals surface area contributed by atoms with Gasteiger partial charge in [0.15, 0.2) is 6.10 Å². The molecule has 60 heavy (non-hydrogen) atoms. The van der Waals surface area contributed by atoms with E-state index in [2.05, 4.69) is 76.3 Å². The van der Waals surface area contributed by atoms with E-state index in [1.165, 1.54) is 11.1 Å². The first kappa shape index (κ1) is 54.7. The average molecular weight is 860 g/mol. The molecule has 1 aromatic heterocycles. The van der Waals surface area contributed by atoms with Crippen molar-refractivity contribution < 1.29 is 51.6 Å². The van der Waals surface area contributed by atoms with Crippen LogP contribution in [-0.4, -0.2) is 81.2 Å². The van der Waals surface area contributed by atoms with Crippen LogP contribution in [0.25, 0.3) is 0 Å². The van der Waals surface area contributed by atoms with Crippen LogP contribution >= 0.6 is 7.82 Å². The van der Waals surface area contributed by atoms with Crippen molar-refractivity contribution in [2.45, 2.75) is 149 Å². The number of quaternary nitrogens is 1. The second-order valence-electron chi connectivity index (χ2n) is 16.1. The van der Waals surface area contributed by atoms with Crippen molar-refractivity contribution in [3.63, 3.8) is 0 Å². The van der Waals surface area contributed by atoms with E-state index in [9.17, 15) is 24.2 Å². The summed E-state index contributed by atoms with van der Waals surface area (Å²) in [6.45, 7) is 7.95. The SMILES string of the molecule is CC/C=C\C/C=C\C/C=C\C/C=C\C/C=C\C=C/C(O)CCC(=O)O[C@H](COC(=O)CCCCCCCCc1oc(CCC)c(C)c1C)COP(=O)([O-])OCC[N+](C)(C)C. The number of furan rings is 1. The number of unbranched alkanes of at least 4 members (excludes halogenated alkanes) is 5. The highest BCUT2D eigenvalue weighted by atomic mass is 31.2. The zero-order valence-corrected chi connectivity index (χ0v) is 38.8. The predicted octanol–water partition coefficient (Wildman–Crippen LogP) is 10.2. The molecule has 0 aliphatic rings. The first-order valence-corrected chi connectivity index (χ1v) is 23.6. The lowest BCUT2D eigenvalue weighted by atomic mass is 10.0. The van der Waals surface area contributed by atoms with Crippen molar-refractivity contribution in [1.82, 2.24) is 0 Å². The molecule has 0 fully saturated rings. The van der Waals surface area contributed by atoms with Gasteiger partial charge in [0.2, 0.25) is 0 Å². The fraction of sp³-hybridized carbons (Fsp3) is 0.625. The number of esters is 2. The third-order valence-electron chi connectivity index (χ3n) is 9.53. The van der Waals surface area contributed by atoms with Gasteiger partial charge in [0.05, 0.1) is 33.9 Å². The molecular weight excluding hydrogens is 781 g/mol. The van der Waals surface area contributed by atoms with Gasteiger partial charge in [-0.2, -0.15) is 0 Å². The number of hydrogen-bond acceptors (Lipinski definition) is 10. The number of rotatable bonds is 35. The van der Waals surface area contributed by atoms with Crippen LogP contribution in [0.1, 0.15) is 133 Å². The number of aliphatic hydroxyl groups excluding tert-OH is 1. The number of carbonyl (C=O) groups excluding carboxylic acids is 2. The van der Waals surface area contributed by atoms with Gasteiger partial charge in [-0.3, -0.25) is 14.2 Å². The molecule has 11 nitrogen and oxygen atoms in total. The smallest absolute Gasteiger partial charge is 0.306 e. The first-order chi connectivity index (χ1) is 28.7. The third kappa shape index (κ3) is 29.8. The van der Waals surface area contributed by atoms with E-state index in [1.54, 1.807) is 12.2 Å². The second kappa shape index (κ2) is 33.3. The fourth-order valence-electron chi connectivity index (χ4n) is 5.81. The molecule has 0 amide bonds. The Hall–Kier alpha value is -3.31. The van der Waals surface area contributed by atoms with Gasteiger partial charge >= 0.3 is 11.9 Å². The standard InChI is InChI=1S/C48H78NO10P/c1-8-10-11-12-13-14-15-16-17-18-19-20-21-22-25-28-32-43(50)35-36-48(52)58-44(40-57-60(53,54)56-38-37-49(5,6)7)39-55-47(51)34-30-27-24-23-26-29-33-46-42(4)41(3)45(59-46)31-9-2/h10-11,13-14,16-17,19-20,22,25,28,32,43-44,50H,8-9,12,15,18,21,23-24,26-27,29-31,33-40H2,1-7H3/b11-10-,14-13-,17-16-,20-19-,25-22-,32-28-/t43?,44-/m1/s1. The fourth-order valence-corrected chi connectivity index (χ4v) is 6.54. The van der Waals surface area contributed by atoms with Crippen LogP contribution in [0.4, 0.5) is 0 Å². The molecule has 340 valence electrons. The van der Waals surface area contributed by atoms with Gasteiger partial charge in [0, 0.05) is 25.7 Å². The molecule has 0 saturated heterocycles. The monoisotopic (exact) mass is 860 g/mol. The van der Waals surface area contributed by atoms with E-state index in [0.717, 1.165) is 95.0 Å². The Kier molecular flexibility index (Phi) is 30.4. The molecule has 1 heterocycles. The quantitative estimate of drug-likeness (QED) is 0.0175. The number of phosphoric acid groups is 1. The maximum Gasteiger partial charge on any atom is 0.306 e. The summed E-state index contributed by atoms with van der Waals surface area (Å²) in [7, 11) is 0.982. The number of aliphatic hydroxyl groups is 1. The molecule has 0 aromatic carbocycles. The van der Waals surface area contributed by atoms with Crippen molar-refractivity contribution in [2.24, 2.45) is 0 Å². The lowest BCUT2D eigenvalue weighted by molar-refractivity contribution is -0.870. The lowest BCUT2D eigenvalue weighted by Crippen LogP contribution is -2.37.